The summed E-state index contributed by atoms with van der Waals surface area (Å²) in [6.45, 7) is 2.30. The minimum atomic E-state index is -1.12. The average Bonchev–Trinajstić information content (AvgIpc) is 3.07. The Morgan fingerprint density at radius 2 is 1.84 bits per heavy atom. The molecule has 0 amide bonds. The zero-order valence-corrected chi connectivity index (χ0v) is 17.6. The molecule has 0 spiro atoms. The van der Waals surface area contributed by atoms with Gasteiger partial charge in [-0.2, -0.15) is 0 Å². The Bertz CT molecular complexity index is 1310. The molecular weight excluding hydrogens is 411 g/mol. The first-order valence-corrected chi connectivity index (χ1v) is 10.4. The molecule has 32 heavy (non-hydrogen) atoms. The van der Waals surface area contributed by atoms with Crippen LogP contribution in [0.5, 0.6) is 0 Å². The van der Waals surface area contributed by atoms with E-state index < -0.39 is 17.8 Å². The highest BCUT2D eigenvalue weighted by atomic mass is 19.1. The summed E-state index contributed by atoms with van der Waals surface area (Å²) in [5, 5.41) is 15.6. The molecule has 0 aliphatic carbocycles. The number of nitrogens with zero attached hydrogens (tertiary/aromatic N) is 1. The number of aromatic nitrogens is 1. The van der Waals surface area contributed by atoms with Crippen LogP contribution in [0.1, 0.15) is 28.5 Å². The summed E-state index contributed by atoms with van der Waals surface area (Å²) in [5.74, 6) is -2.01. The zero-order valence-electron chi connectivity index (χ0n) is 17.6. The Kier molecular flexibility index (Phi) is 6.18. The minimum Gasteiger partial charge on any atom is -0.477 e. The lowest BCUT2D eigenvalue weighted by Crippen LogP contribution is -2.25. The number of ether oxygens (including phenoxy) is 1. The van der Waals surface area contributed by atoms with Gasteiger partial charge in [-0.3, -0.25) is 4.79 Å². The Morgan fingerprint density at radius 3 is 2.62 bits per heavy atom. The van der Waals surface area contributed by atoms with Crippen molar-refractivity contribution < 1.29 is 23.8 Å². The SMILES string of the molecule is CCOC(=O)CNCc1c(C(=O)O)n(Cc2cccc3ccccc23)c2ccc(F)cc12. The first-order chi connectivity index (χ1) is 15.5. The highest BCUT2D eigenvalue weighted by Crippen LogP contribution is 2.30. The van der Waals surface area contributed by atoms with E-state index in [0.29, 0.717) is 23.0 Å². The molecule has 0 saturated heterocycles. The Morgan fingerprint density at radius 1 is 1.06 bits per heavy atom. The van der Waals surface area contributed by atoms with Gasteiger partial charge in [-0.1, -0.05) is 42.5 Å². The minimum absolute atomic E-state index is 0.0647. The number of esters is 1. The summed E-state index contributed by atoms with van der Waals surface area (Å²) in [5.41, 5.74) is 2.06. The first-order valence-electron chi connectivity index (χ1n) is 10.4. The second-order valence-electron chi connectivity index (χ2n) is 7.43. The van der Waals surface area contributed by atoms with Gasteiger partial charge in [-0.25, -0.2) is 9.18 Å². The number of hydrogen-bond donors (Lipinski definition) is 2. The first kappa shape index (κ1) is 21.5. The van der Waals surface area contributed by atoms with E-state index in [-0.39, 0.29) is 25.4 Å². The number of carbonyl (C=O) groups excluding carboxylic acids is 1. The number of carboxylic acid groups (broad SMARTS) is 1. The van der Waals surface area contributed by atoms with Crippen molar-refractivity contribution in [3.63, 3.8) is 0 Å². The summed E-state index contributed by atoms with van der Waals surface area (Å²) < 4.78 is 20.7. The van der Waals surface area contributed by atoms with E-state index in [0.717, 1.165) is 16.3 Å². The van der Waals surface area contributed by atoms with Gasteiger partial charge in [0, 0.05) is 29.6 Å². The second-order valence-corrected chi connectivity index (χ2v) is 7.43. The number of nitrogens with one attached hydrogen (secondary N) is 1. The fourth-order valence-corrected chi connectivity index (χ4v) is 4.09. The van der Waals surface area contributed by atoms with Gasteiger partial charge in [-0.05, 0) is 41.5 Å². The van der Waals surface area contributed by atoms with Crippen molar-refractivity contribution in [3.8, 4) is 0 Å². The largest absolute Gasteiger partial charge is 0.477 e. The van der Waals surface area contributed by atoms with Crippen molar-refractivity contribution in [1.82, 2.24) is 9.88 Å². The molecule has 3 aromatic carbocycles. The van der Waals surface area contributed by atoms with E-state index in [4.69, 9.17) is 4.74 Å². The van der Waals surface area contributed by atoms with Gasteiger partial charge in [-0.15, -0.1) is 0 Å². The van der Waals surface area contributed by atoms with E-state index in [9.17, 15) is 19.1 Å². The van der Waals surface area contributed by atoms with Crippen molar-refractivity contribution in [3.05, 3.63) is 83.3 Å². The number of halogens is 1. The second kappa shape index (κ2) is 9.20. The summed E-state index contributed by atoms with van der Waals surface area (Å²) in [7, 11) is 0. The van der Waals surface area contributed by atoms with Crippen molar-refractivity contribution in [2.75, 3.05) is 13.2 Å². The van der Waals surface area contributed by atoms with E-state index >= 15 is 0 Å². The molecule has 6 nitrogen and oxygen atoms in total. The predicted octanol–water partition coefficient (Wildman–Crippen LogP) is 4.33. The monoisotopic (exact) mass is 434 g/mol. The molecule has 0 aliphatic heterocycles. The molecule has 1 heterocycles. The van der Waals surface area contributed by atoms with Crippen LogP contribution in [0.2, 0.25) is 0 Å². The predicted molar refractivity (Wildman–Crippen MR) is 120 cm³/mol. The molecule has 1 aromatic heterocycles. The maximum Gasteiger partial charge on any atom is 0.352 e. The van der Waals surface area contributed by atoms with Gasteiger partial charge in [0.05, 0.1) is 13.2 Å². The van der Waals surface area contributed by atoms with Crippen LogP contribution in [0.15, 0.2) is 60.7 Å². The number of fused-ring (bicyclic) bond motifs is 2. The van der Waals surface area contributed by atoms with Crippen LogP contribution in [0.3, 0.4) is 0 Å². The lowest BCUT2D eigenvalue weighted by atomic mass is 10.0. The number of benzene rings is 3. The number of carboxylic acids is 1. The van der Waals surface area contributed by atoms with Gasteiger partial charge in [0.25, 0.3) is 0 Å². The van der Waals surface area contributed by atoms with Gasteiger partial charge in [0.1, 0.15) is 11.5 Å². The van der Waals surface area contributed by atoms with Gasteiger partial charge in [0.15, 0.2) is 0 Å². The molecule has 4 rings (SSSR count). The molecule has 164 valence electrons. The van der Waals surface area contributed by atoms with Gasteiger partial charge < -0.3 is 19.7 Å². The molecule has 7 heteroatoms. The average molecular weight is 434 g/mol. The Balaban J connectivity index is 1.80. The van der Waals surface area contributed by atoms with E-state index in [1.165, 1.54) is 12.1 Å². The van der Waals surface area contributed by atoms with Crippen LogP contribution in [0.25, 0.3) is 21.7 Å². The third kappa shape index (κ3) is 4.20. The third-order valence-electron chi connectivity index (χ3n) is 5.42. The van der Waals surface area contributed by atoms with Crippen molar-refractivity contribution in [2.24, 2.45) is 0 Å². The standard InChI is InChI=1S/C25H23FN2O4/c1-2-32-23(29)14-27-13-21-20-12-18(26)10-11-22(20)28(24(21)25(30)31)15-17-8-5-7-16-6-3-4-9-19(16)17/h3-12,27H,2,13-15H2,1H3,(H,30,31). The number of hydrogen-bond acceptors (Lipinski definition) is 4. The smallest absolute Gasteiger partial charge is 0.352 e. The summed E-state index contributed by atoms with van der Waals surface area (Å²) >= 11 is 0. The van der Waals surface area contributed by atoms with Gasteiger partial charge in [0.2, 0.25) is 0 Å². The van der Waals surface area contributed by atoms with Crippen LogP contribution in [0.4, 0.5) is 4.39 Å². The van der Waals surface area contributed by atoms with Crippen LogP contribution >= 0.6 is 0 Å². The number of rotatable bonds is 8. The normalized spacial score (nSPS) is 11.2. The number of carbonyl (C=O) groups is 2. The van der Waals surface area contributed by atoms with Crippen LogP contribution in [-0.4, -0.2) is 34.8 Å². The number of aromatic carboxylic acids is 1. The van der Waals surface area contributed by atoms with Gasteiger partial charge >= 0.3 is 11.9 Å². The summed E-state index contributed by atoms with van der Waals surface area (Å²) in [6.07, 6.45) is 0. The molecule has 0 atom stereocenters. The fourth-order valence-electron chi connectivity index (χ4n) is 4.09. The maximum atomic E-state index is 14.1. The molecule has 0 bridgehead atoms. The summed E-state index contributed by atoms with van der Waals surface area (Å²) in [6, 6.07) is 18.1. The van der Waals surface area contributed by atoms with E-state index in [1.807, 2.05) is 42.5 Å². The highest BCUT2D eigenvalue weighted by molar-refractivity contribution is 5.98. The van der Waals surface area contributed by atoms with Crippen molar-refractivity contribution in [2.45, 2.75) is 20.0 Å². The van der Waals surface area contributed by atoms with E-state index in [1.54, 1.807) is 17.6 Å². The molecule has 0 radical (unpaired) electrons. The quantitative estimate of drug-likeness (QED) is 0.404. The molecule has 0 aliphatic rings. The molecule has 2 N–H and O–H groups in total. The lowest BCUT2D eigenvalue weighted by molar-refractivity contribution is -0.142. The van der Waals surface area contributed by atoms with Crippen molar-refractivity contribution in [1.29, 1.82) is 0 Å². The Hall–Kier alpha value is -3.71. The molecule has 0 saturated carbocycles. The maximum absolute atomic E-state index is 14.1. The zero-order chi connectivity index (χ0) is 22.7. The lowest BCUT2D eigenvalue weighted by Gasteiger charge is -2.12. The molecule has 4 aromatic rings. The van der Waals surface area contributed by atoms with Crippen molar-refractivity contribution >= 4 is 33.6 Å². The molecule has 0 unspecified atom stereocenters. The topological polar surface area (TPSA) is 80.6 Å². The van der Waals surface area contributed by atoms with Crippen LogP contribution in [0, 0.1) is 5.82 Å². The molecule has 0 fully saturated rings. The Labute approximate surface area is 184 Å². The molecular formula is C25H23FN2O4. The summed E-state index contributed by atoms with van der Waals surface area (Å²) in [4.78, 5) is 24.0. The van der Waals surface area contributed by atoms with Crippen LogP contribution < -0.4 is 5.32 Å². The van der Waals surface area contributed by atoms with E-state index in [2.05, 4.69) is 5.32 Å². The third-order valence-corrected chi connectivity index (χ3v) is 5.42. The van der Waals surface area contributed by atoms with Crippen LogP contribution in [-0.2, 0) is 22.6 Å². The fraction of sp³-hybridized carbons (Fsp3) is 0.200. The highest BCUT2D eigenvalue weighted by Gasteiger charge is 2.23.